The third-order valence-electron chi connectivity index (χ3n) is 4.30. The Hall–Kier alpha value is -1.63. The second-order valence-electron chi connectivity index (χ2n) is 5.72. The molecule has 1 heterocycles. The Balaban J connectivity index is 1.67. The number of aliphatic carboxylic acids is 1. The van der Waals surface area contributed by atoms with Gasteiger partial charge < -0.3 is 15.2 Å². The number of fused-ring (bicyclic) bond motifs is 1. The topological polar surface area (TPSA) is 75.6 Å². The minimum atomic E-state index is -0.843. The van der Waals surface area contributed by atoms with Gasteiger partial charge in [0.1, 0.15) is 18.2 Å². The highest BCUT2D eigenvalue weighted by Crippen LogP contribution is 2.37. The van der Waals surface area contributed by atoms with Crippen molar-refractivity contribution in [2.75, 3.05) is 6.61 Å². The van der Waals surface area contributed by atoms with Crippen molar-refractivity contribution in [2.45, 2.75) is 25.3 Å². The second-order valence-corrected chi connectivity index (χ2v) is 6.58. The van der Waals surface area contributed by atoms with Crippen LogP contribution in [-0.4, -0.2) is 23.6 Å². The lowest BCUT2D eigenvalue weighted by Crippen LogP contribution is -2.34. The number of carbonyl (C=O) groups is 2. The lowest BCUT2D eigenvalue weighted by molar-refractivity contribution is -0.141. The zero-order valence-electron chi connectivity index (χ0n) is 11.6. The number of nitrogens with one attached hydrogen (secondary N) is 1. The summed E-state index contributed by atoms with van der Waals surface area (Å²) in [7, 11) is 0. The summed E-state index contributed by atoms with van der Waals surface area (Å²) < 4.78 is 19.2. The number of carboxylic acids is 1. The molecule has 3 atom stereocenters. The number of carboxylic acid groups (broad SMARTS) is 1. The Morgan fingerprint density at radius 3 is 2.73 bits per heavy atom. The van der Waals surface area contributed by atoms with Gasteiger partial charge in [0.2, 0.25) is 5.91 Å². The Bertz CT molecular complexity index is 636. The number of amides is 1. The smallest absolute Gasteiger partial charge is 0.306 e. The summed E-state index contributed by atoms with van der Waals surface area (Å²) in [6, 6.07) is 2.57. The van der Waals surface area contributed by atoms with E-state index in [4.69, 9.17) is 9.84 Å². The van der Waals surface area contributed by atoms with E-state index in [-0.39, 0.29) is 24.5 Å². The highest BCUT2D eigenvalue weighted by molar-refractivity contribution is 9.10. The lowest BCUT2D eigenvalue weighted by Gasteiger charge is -2.15. The molecule has 0 spiro atoms. The molecule has 22 heavy (non-hydrogen) atoms. The number of benzene rings is 1. The molecule has 2 aliphatic rings. The zero-order chi connectivity index (χ0) is 15.9. The molecule has 1 unspecified atom stereocenters. The van der Waals surface area contributed by atoms with Crippen LogP contribution >= 0.6 is 15.9 Å². The predicted octanol–water partition coefficient (Wildman–Crippen LogP) is 2.64. The van der Waals surface area contributed by atoms with Gasteiger partial charge in [0.05, 0.1) is 16.4 Å². The Morgan fingerprint density at radius 1 is 1.32 bits per heavy atom. The number of halogens is 2. The van der Waals surface area contributed by atoms with E-state index >= 15 is 0 Å². The minimum absolute atomic E-state index is 0.161. The standard InChI is InChI=1S/C15H15BrFNO4/c16-10-4-9-12(6-22-13(9)5-11(10)17)18-14(19)7-1-2-8(3-7)15(20)21/h4-5,7-8,12H,1-3,6H2,(H,18,19)(H,20,21)/t7-,8+,12?/m0/s1. The monoisotopic (exact) mass is 371 g/mol. The van der Waals surface area contributed by atoms with E-state index in [0.717, 1.165) is 5.56 Å². The number of ether oxygens (including phenoxy) is 1. The fourth-order valence-electron chi connectivity index (χ4n) is 3.06. The fraction of sp³-hybridized carbons (Fsp3) is 0.467. The molecule has 0 radical (unpaired) electrons. The van der Waals surface area contributed by atoms with E-state index in [1.807, 2.05) is 0 Å². The molecule has 118 valence electrons. The third-order valence-corrected chi connectivity index (χ3v) is 4.91. The Labute approximate surface area is 135 Å². The first-order valence-corrected chi connectivity index (χ1v) is 7.90. The van der Waals surface area contributed by atoms with Crippen molar-refractivity contribution in [1.82, 2.24) is 5.32 Å². The number of hydrogen-bond acceptors (Lipinski definition) is 3. The largest absolute Gasteiger partial charge is 0.491 e. The van der Waals surface area contributed by atoms with Crippen LogP contribution in [0.3, 0.4) is 0 Å². The van der Waals surface area contributed by atoms with Crippen molar-refractivity contribution in [3.63, 3.8) is 0 Å². The van der Waals surface area contributed by atoms with Gasteiger partial charge in [-0.25, -0.2) is 4.39 Å². The quantitative estimate of drug-likeness (QED) is 0.856. The summed E-state index contributed by atoms with van der Waals surface area (Å²) >= 11 is 3.12. The van der Waals surface area contributed by atoms with E-state index in [2.05, 4.69) is 21.2 Å². The number of rotatable bonds is 3. The second kappa shape index (κ2) is 5.87. The van der Waals surface area contributed by atoms with Crippen molar-refractivity contribution < 1.29 is 23.8 Å². The van der Waals surface area contributed by atoms with Gasteiger partial charge >= 0.3 is 5.97 Å². The van der Waals surface area contributed by atoms with E-state index in [1.54, 1.807) is 6.07 Å². The average molecular weight is 372 g/mol. The molecule has 1 aromatic carbocycles. The molecule has 7 heteroatoms. The lowest BCUT2D eigenvalue weighted by atomic mass is 10.0. The molecule has 0 aromatic heterocycles. The highest BCUT2D eigenvalue weighted by Gasteiger charge is 2.36. The van der Waals surface area contributed by atoms with Crippen LogP contribution in [0, 0.1) is 17.7 Å². The van der Waals surface area contributed by atoms with Gasteiger partial charge in [-0.05, 0) is 41.3 Å². The van der Waals surface area contributed by atoms with Crippen LogP contribution in [0.1, 0.15) is 30.9 Å². The van der Waals surface area contributed by atoms with Gasteiger partial charge in [0.25, 0.3) is 0 Å². The first-order valence-electron chi connectivity index (χ1n) is 7.10. The Kier molecular flexibility index (Phi) is 4.08. The van der Waals surface area contributed by atoms with Crippen LogP contribution < -0.4 is 10.1 Å². The molecule has 1 fully saturated rings. The van der Waals surface area contributed by atoms with Gasteiger partial charge in [-0.15, -0.1) is 0 Å². The third kappa shape index (κ3) is 2.82. The normalized spacial score (nSPS) is 26.4. The molecule has 1 saturated carbocycles. The number of carbonyl (C=O) groups excluding carboxylic acids is 1. The van der Waals surface area contributed by atoms with Crippen molar-refractivity contribution >= 4 is 27.8 Å². The molecular formula is C15H15BrFNO4. The van der Waals surface area contributed by atoms with Crippen LogP contribution in [0.25, 0.3) is 0 Å². The molecule has 0 saturated heterocycles. The van der Waals surface area contributed by atoms with E-state index in [1.165, 1.54) is 6.07 Å². The molecule has 3 rings (SSSR count). The van der Waals surface area contributed by atoms with Crippen LogP contribution in [-0.2, 0) is 9.59 Å². The van der Waals surface area contributed by atoms with Gasteiger partial charge in [-0.2, -0.15) is 0 Å². The summed E-state index contributed by atoms with van der Waals surface area (Å²) in [4.78, 5) is 23.2. The van der Waals surface area contributed by atoms with Gasteiger partial charge in [-0.1, -0.05) is 0 Å². The van der Waals surface area contributed by atoms with Gasteiger partial charge in [-0.3, -0.25) is 9.59 Å². The van der Waals surface area contributed by atoms with Crippen LogP contribution in [0.4, 0.5) is 4.39 Å². The van der Waals surface area contributed by atoms with Crippen LogP contribution in [0.5, 0.6) is 5.75 Å². The summed E-state index contributed by atoms with van der Waals surface area (Å²) in [5.74, 6) is -1.71. The average Bonchev–Trinajstić information content (AvgIpc) is 3.08. The fourth-order valence-corrected chi connectivity index (χ4v) is 3.42. The molecule has 0 bridgehead atoms. The molecule has 2 N–H and O–H groups in total. The van der Waals surface area contributed by atoms with E-state index < -0.39 is 17.7 Å². The summed E-state index contributed by atoms with van der Waals surface area (Å²) in [5.41, 5.74) is 0.731. The maximum Gasteiger partial charge on any atom is 0.306 e. The maximum absolute atomic E-state index is 13.5. The first kappa shape index (κ1) is 15.3. The summed E-state index contributed by atoms with van der Waals surface area (Å²) in [5, 5.41) is 11.9. The van der Waals surface area contributed by atoms with Crippen molar-refractivity contribution in [3.05, 3.63) is 28.0 Å². The Morgan fingerprint density at radius 2 is 2.05 bits per heavy atom. The predicted molar refractivity (Wildman–Crippen MR) is 78.9 cm³/mol. The summed E-state index contributed by atoms with van der Waals surface area (Å²) in [6.07, 6.45) is 1.48. The molecule has 1 amide bonds. The SMILES string of the molecule is O=C(O)[C@@H]1CC[C@H](C(=O)NC2COc3cc(F)c(Br)cc32)C1. The number of hydrogen-bond donors (Lipinski definition) is 2. The molecule has 1 aliphatic heterocycles. The molecular weight excluding hydrogens is 357 g/mol. The van der Waals surface area contributed by atoms with Gasteiger partial charge in [0, 0.05) is 17.5 Å². The van der Waals surface area contributed by atoms with Crippen molar-refractivity contribution in [3.8, 4) is 5.75 Å². The molecule has 5 nitrogen and oxygen atoms in total. The van der Waals surface area contributed by atoms with Crippen LogP contribution in [0.2, 0.25) is 0 Å². The zero-order valence-corrected chi connectivity index (χ0v) is 13.2. The minimum Gasteiger partial charge on any atom is -0.491 e. The first-order chi connectivity index (χ1) is 10.5. The molecule has 1 aliphatic carbocycles. The highest BCUT2D eigenvalue weighted by atomic mass is 79.9. The molecule has 1 aromatic rings. The maximum atomic E-state index is 13.5. The van der Waals surface area contributed by atoms with Crippen molar-refractivity contribution in [1.29, 1.82) is 0 Å². The summed E-state index contributed by atoms with van der Waals surface area (Å²) in [6.45, 7) is 0.256. The van der Waals surface area contributed by atoms with E-state index in [0.29, 0.717) is 29.5 Å². The van der Waals surface area contributed by atoms with Crippen molar-refractivity contribution in [2.24, 2.45) is 11.8 Å². The van der Waals surface area contributed by atoms with E-state index in [9.17, 15) is 14.0 Å². The van der Waals surface area contributed by atoms with Gasteiger partial charge in [0.15, 0.2) is 0 Å². The van der Waals surface area contributed by atoms with Crippen LogP contribution in [0.15, 0.2) is 16.6 Å².